The number of aliphatic hydroxyl groups excluding tert-OH is 3. The van der Waals surface area contributed by atoms with Crippen molar-refractivity contribution in [3.05, 3.63) is 36.5 Å². The highest BCUT2D eigenvalue weighted by Crippen LogP contribution is 2.43. The maximum absolute atomic E-state index is 12.7. The van der Waals surface area contributed by atoms with Gasteiger partial charge in [0.05, 0.1) is 25.9 Å². The van der Waals surface area contributed by atoms with E-state index in [9.17, 15) is 34.1 Å². The van der Waals surface area contributed by atoms with Crippen LogP contribution < -0.4 is 0 Å². The molecule has 336 valence electrons. The van der Waals surface area contributed by atoms with Crippen LogP contribution in [0, 0.1) is 17.8 Å². The zero-order valence-corrected chi connectivity index (χ0v) is 36.9. The molecular weight excluding hydrogens is 763 g/mol. The van der Waals surface area contributed by atoms with Gasteiger partial charge in [-0.15, -0.1) is 0 Å². The van der Waals surface area contributed by atoms with Crippen molar-refractivity contribution in [3.63, 3.8) is 0 Å². The topological polar surface area (TPSA) is 186 Å². The summed E-state index contributed by atoms with van der Waals surface area (Å²) in [6.07, 6.45) is 30.3. The molecule has 0 radical (unpaired) electrons. The summed E-state index contributed by atoms with van der Waals surface area (Å²) in [6.45, 7) is 4.38. The van der Waals surface area contributed by atoms with Crippen LogP contribution in [0.2, 0.25) is 0 Å². The van der Waals surface area contributed by atoms with Gasteiger partial charge >= 0.3 is 19.8 Å². The largest absolute Gasteiger partial charge is 0.472 e. The summed E-state index contributed by atoms with van der Waals surface area (Å²) in [7, 11) is -4.67. The van der Waals surface area contributed by atoms with E-state index < -0.39 is 57.9 Å². The van der Waals surface area contributed by atoms with Gasteiger partial charge in [-0.3, -0.25) is 23.4 Å². The van der Waals surface area contributed by atoms with E-state index >= 15 is 0 Å². The molecule has 13 heteroatoms. The molecule has 0 saturated heterocycles. The van der Waals surface area contributed by atoms with Crippen LogP contribution in [-0.4, -0.2) is 82.7 Å². The third kappa shape index (κ3) is 29.9. The van der Waals surface area contributed by atoms with E-state index in [1.54, 1.807) is 12.2 Å². The lowest BCUT2D eigenvalue weighted by molar-refractivity contribution is -0.161. The first-order valence-corrected chi connectivity index (χ1v) is 23.9. The first-order chi connectivity index (χ1) is 27.9. The number of phosphoric acid groups is 1. The lowest BCUT2D eigenvalue weighted by Crippen LogP contribution is -2.29. The molecule has 0 spiro atoms. The number of esters is 2. The summed E-state index contributed by atoms with van der Waals surface area (Å²) in [5, 5.41) is 28.6. The van der Waals surface area contributed by atoms with Gasteiger partial charge < -0.3 is 29.7 Å². The molecule has 12 nitrogen and oxygen atoms in total. The summed E-state index contributed by atoms with van der Waals surface area (Å²) >= 11 is 0. The predicted molar refractivity (Wildman–Crippen MR) is 228 cm³/mol. The van der Waals surface area contributed by atoms with E-state index in [0.717, 1.165) is 44.4 Å². The van der Waals surface area contributed by atoms with Crippen LogP contribution in [0.1, 0.15) is 168 Å². The number of hydrogen-bond acceptors (Lipinski definition) is 11. The van der Waals surface area contributed by atoms with E-state index in [0.29, 0.717) is 32.1 Å². The minimum atomic E-state index is -4.67. The minimum Gasteiger partial charge on any atom is -0.462 e. The number of allylic oxidation sites excluding steroid dienone is 5. The Hall–Kier alpha value is -2.18. The molecular formula is C45H79O12P. The van der Waals surface area contributed by atoms with Crippen molar-refractivity contribution in [3.8, 4) is 0 Å². The fourth-order valence-corrected chi connectivity index (χ4v) is 7.43. The second-order valence-corrected chi connectivity index (χ2v) is 17.7. The highest BCUT2D eigenvalue weighted by atomic mass is 31.2. The number of unbranched alkanes of at least 4 members (excludes halogenated alkanes) is 15. The van der Waals surface area contributed by atoms with Crippen molar-refractivity contribution in [2.24, 2.45) is 17.8 Å². The van der Waals surface area contributed by atoms with Crippen LogP contribution in [0.3, 0.4) is 0 Å². The number of carbonyl (C=O) groups is 3. The lowest BCUT2D eigenvalue weighted by atomic mass is 9.90. The predicted octanol–water partition coefficient (Wildman–Crippen LogP) is 9.42. The van der Waals surface area contributed by atoms with Crippen LogP contribution in [0.15, 0.2) is 36.5 Å². The van der Waals surface area contributed by atoms with Gasteiger partial charge in [0.25, 0.3) is 0 Å². The second kappa shape index (κ2) is 34.5. The van der Waals surface area contributed by atoms with Crippen LogP contribution in [0.4, 0.5) is 0 Å². The molecule has 0 fully saturated rings. The smallest absolute Gasteiger partial charge is 0.462 e. The molecule has 1 unspecified atom stereocenters. The van der Waals surface area contributed by atoms with Crippen LogP contribution in [0.5, 0.6) is 0 Å². The summed E-state index contributed by atoms with van der Waals surface area (Å²) < 4.78 is 32.7. The lowest BCUT2D eigenvalue weighted by Gasteiger charge is -2.20. The van der Waals surface area contributed by atoms with Gasteiger partial charge in [-0.1, -0.05) is 154 Å². The zero-order chi connectivity index (χ0) is 42.9. The van der Waals surface area contributed by atoms with Gasteiger partial charge in [-0.05, 0) is 50.0 Å². The number of hydrogen-bond donors (Lipinski definition) is 4. The van der Waals surface area contributed by atoms with E-state index in [1.165, 1.54) is 64.2 Å². The molecule has 0 amide bonds. The van der Waals surface area contributed by atoms with Crippen LogP contribution >= 0.6 is 7.82 Å². The van der Waals surface area contributed by atoms with E-state index in [-0.39, 0.29) is 37.1 Å². The molecule has 0 aromatic rings. The fraction of sp³-hybridized carbons (Fsp3) is 0.800. The second-order valence-electron chi connectivity index (χ2n) is 16.2. The molecule has 58 heavy (non-hydrogen) atoms. The van der Waals surface area contributed by atoms with Gasteiger partial charge in [0.15, 0.2) is 11.9 Å². The molecule has 4 N–H and O–H groups in total. The van der Waals surface area contributed by atoms with Crippen molar-refractivity contribution in [1.29, 1.82) is 0 Å². The Kier molecular flexibility index (Phi) is 32.0. The third-order valence-electron chi connectivity index (χ3n) is 10.2. The van der Waals surface area contributed by atoms with Crippen molar-refractivity contribution in [2.45, 2.75) is 187 Å². The average molecular weight is 843 g/mol. The normalized spacial score (nSPS) is 18.3. The summed E-state index contributed by atoms with van der Waals surface area (Å²) in [5.74, 6) is -0.522. The van der Waals surface area contributed by atoms with Gasteiger partial charge in [0, 0.05) is 18.8 Å². The molecule has 1 aliphatic carbocycles. The van der Waals surface area contributed by atoms with E-state index in [4.69, 9.17) is 19.1 Å². The van der Waals surface area contributed by atoms with Crippen molar-refractivity contribution < 1.29 is 57.7 Å². The molecule has 1 rings (SSSR count). The molecule has 0 saturated carbocycles. The number of carbonyl (C=O) groups excluding carboxylic acids is 3. The zero-order valence-electron chi connectivity index (χ0n) is 36.0. The number of ether oxygens (including phenoxy) is 2. The Bertz CT molecular complexity index is 1220. The SMILES string of the molecule is CCCCC[C@H](O)/C=C/[C@H]1C(=O)C=C[C@@H]1C/C=C\CCCC(=O)OC[C@H](COP(=O)(O)OC[C@@H](O)CO)OC(=O)CCCCCCCCCCCCCCCC(C)C. The van der Waals surface area contributed by atoms with Gasteiger partial charge in [-0.2, -0.15) is 0 Å². The fourth-order valence-electron chi connectivity index (χ4n) is 6.64. The Morgan fingerprint density at radius 1 is 0.776 bits per heavy atom. The summed E-state index contributed by atoms with van der Waals surface area (Å²) in [6, 6.07) is 0. The van der Waals surface area contributed by atoms with Crippen molar-refractivity contribution >= 4 is 25.5 Å². The highest BCUT2D eigenvalue weighted by molar-refractivity contribution is 7.47. The van der Waals surface area contributed by atoms with Gasteiger partial charge in [0.2, 0.25) is 0 Å². The molecule has 0 aromatic heterocycles. The number of rotatable bonds is 38. The van der Waals surface area contributed by atoms with Crippen molar-refractivity contribution in [1.82, 2.24) is 0 Å². The van der Waals surface area contributed by atoms with Crippen LogP contribution in [0.25, 0.3) is 0 Å². The first kappa shape index (κ1) is 53.8. The Balaban J connectivity index is 2.41. The number of ketones is 1. The van der Waals surface area contributed by atoms with Gasteiger partial charge in [0.1, 0.15) is 12.7 Å². The third-order valence-corrected chi connectivity index (χ3v) is 11.2. The molecule has 6 atom stereocenters. The number of aliphatic hydroxyl groups is 3. The Morgan fingerprint density at radius 2 is 1.36 bits per heavy atom. The quantitative estimate of drug-likeness (QED) is 0.0200. The minimum absolute atomic E-state index is 0.0117. The molecule has 0 aliphatic heterocycles. The maximum atomic E-state index is 12.7. The highest BCUT2D eigenvalue weighted by Gasteiger charge is 2.28. The Labute approximate surface area is 349 Å². The van der Waals surface area contributed by atoms with Gasteiger partial charge in [-0.25, -0.2) is 4.57 Å². The molecule has 1 aliphatic rings. The van der Waals surface area contributed by atoms with E-state index in [2.05, 4.69) is 25.3 Å². The monoisotopic (exact) mass is 843 g/mol. The molecule has 0 aromatic carbocycles. The standard InChI is InChI=1S/C45H79O12P/c1-4-5-19-26-39(47)30-31-42-38(29-32-43(42)49)25-21-17-18-22-27-44(50)54-35-41(36-56-58(52,53)55-34-40(48)33-46)57-45(51)28-23-16-14-12-10-8-6-7-9-11-13-15-20-24-37(2)3/h17,21,29-32,37-42,46-48H,4-16,18-20,22-28,33-36H2,1-3H3,(H,52,53)/b21-17-,31-30+/t38-,39-,40-,41+,42+/m0/s1. The number of phosphoric ester groups is 1. The average Bonchev–Trinajstić information content (AvgIpc) is 3.54. The Morgan fingerprint density at radius 3 is 1.98 bits per heavy atom. The molecule has 0 heterocycles. The first-order valence-electron chi connectivity index (χ1n) is 22.4. The molecule has 0 bridgehead atoms. The van der Waals surface area contributed by atoms with E-state index in [1.807, 2.05) is 24.3 Å². The van der Waals surface area contributed by atoms with Crippen LogP contribution in [-0.2, 0) is 37.5 Å². The summed E-state index contributed by atoms with van der Waals surface area (Å²) in [5.41, 5.74) is 0. The van der Waals surface area contributed by atoms with Crippen molar-refractivity contribution in [2.75, 3.05) is 26.4 Å². The summed E-state index contributed by atoms with van der Waals surface area (Å²) in [4.78, 5) is 47.5. The maximum Gasteiger partial charge on any atom is 0.472 e.